The molecule has 0 aliphatic carbocycles. The first-order valence-electron chi connectivity index (χ1n) is 5.10. The van der Waals surface area contributed by atoms with Gasteiger partial charge < -0.3 is 4.98 Å². The van der Waals surface area contributed by atoms with Crippen LogP contribution in [0.15, 0.2) is 43.4 Å². The second kappa shape index (κ2) is 4.60. The predicted octanol–water partition coefficient (Wildman–Crippen LogP) is 4.18. The molecular formula is C12H6Br2N2OS. The standard InChI is InChI=1S/C12H6Br2N2OS/c13-7-8-9(18-10(7)14)12(17)16-11(15-8)6-4-2-1-3-5-6/h1-5H,(H,15,16,17). The van der Waals surface area contributed by atoms with Crippen molar-refractivity contribution < 1.29 is 0 Å². The molecule has 1 N–H and O–H groups in total. The van der Waals surface area contributed by atoms with Gasteiger partial charge in [0.25, 0.3) is 5.56 Å². The molecule has 0 bridgehead atoms. The van der Waals surface area contributed by atoms with Gasteiger partial charge in [-0.1, -0.05) is 30.3 Å². The van der Waals surface area contributed by atoms with E-state index in [9.17, 15) is 4.79 Å². The van der Waals surface area contributed by atoms with Crippen LogP contribution in [0.3, 0.4) is 0 Å². The van der Waals surface area contributed by atoms with E-state index < -0.39 is 0 Å². The Balaban J connectivity index is 2.34. The molecular weight excluding hydrogens is 380 g/mol. The number of hydrogen-bond donors (Lipinski definition) is 1. The lowest BCUT2D eigenvalue weighted by molar-refractivity contribution is 1.18. The van der Waals surface area contributed by atoms with Crippen LogP contribution >= 0.6 is 43.2 Å². The number of hydrogen-bond acceptors (Lipinski definition) is 3. The molecule has 0 atom stereocenters. The largest absolute Gasteiger partial charge is 0.305 e. The number of benzene rings is 1. The van der Waals surface area contributed by atoms with E-state index in [4.69, 9.17) is 0 Å². The maximum atomic E-state index is 12.0. The zero-order chi connectivity index (χ0) is 12.7. The van der Waals surface area contributed by atoms with Gasteiger partial charge in [-0.05, 0) is 31.9 Å². The number of nitrogens with one attached hydrogen (secondary N) is 1. The van der Waals surface area contributed by atoms with Crippen molar-refractivity contribution in [3.8, 4) is 11.4 Å². The molecule has 3 rings (SSSR count). The Kier molecular flexibility index (Phi) is 3.09. The number of H-pyrrole nitrogens is 1. The van der Waals surface area contributed by atoms with E-state index in [-0.39, 0.29) is 5.56 Å². The monoisotopic (exact) mass is 384 g/mol. The Bertz CT molecular complexity index is 780. The second-order valence-electron chi connectivity index (χ2n) is 3.65. The van der Waals surface area contributed by atoms with Crippen molar-refractivity contribution in [3.05, 3.63) is 48.9 Å². The number of aromatic nitrogens is 2. The minimum absolute atomic E-state index is 0.116. The fourth-order valence-corrected chi connectivity index (χ4v) is 3.75. The third-order valence-electron chi connectivity index (χ3n) is 2.50. The number of thiophene rings is 1. The molecule has 0 unspecified atom stereocenters. The van der Waals surface area contributed by atoms with Gasteiger partial charge in [-0.25, -0.2) is 4.98 Å². The molecule has 3 aromatic rings. The molecule has 0 aliphatic heterocycles. The van der Waals surface area contributed by atoms with E-state index in [0.717, 1.165) is 13.8 Å². The van der Waals surface area contributed by atoms with E-state index in [1.165, 1.54) is 11.3 Å². The van der Waals surface area contributed by atoms with Crippen LogP contribution in [0.25, 0.3) is 21.6 Å². The smallest absolute Gasteiger partial charge is 0.269 e. The molecule has 0 saturated heterocycles. The van der Waals surface area contributed by atoms with Gasteiger partial charge in [0, 0.05) is 5.56 Å². The summed E-state index contributed by atoms with van der Waals surface area (Å²) in [7, 11) is 0. The van der Waals surface area contributed by atoms with Gasteiger partial charge in [0.1, 0.15) is 16.0 Å². The number of halogens is 2. The van der Waals surface area contributed by atoms with Gasteiger partial charge in [0.05, 0.1) is 8.26 Å². The molecule has 2 heterocycles. The van der Waals surface area contributed by atoms with Crippen LogP contribution in [0.1, 0.15) is 0 Å². The second-order valence-corrected chi connectivity index (χ2v) is 6.78. The molecule has 0 aliphatic rings. The highest BCUT2D eigenvalue weighted by molar-refractivity contribution is 9.13. The third kappa shape index (κ3) is 1.94. The number of aromatic amines is 1. The highest BCUT2D eigenvalue weighted by atomic mass is 79.9. The van der Waals surface area contributed by atoms with Crippen molar-refractivity contribution in [2.75, 3.05) is 0 Å². The Morgan fingerprint density at radius 1 is 1.17 bits per heavy atom. The highest BCUT2D eigenvalue weighted by Crippen LogP contribution is 2.37. The van der Waals surface area contributed by atoms with Gasteiger partial charge in [-0.15, -0.1) is 11.3 Å². The van der Waals surface area contributed by atoms with Gasteiger partial charge >= 0.3 is 0 Å². The number of fused-ring (bicyclic) bond motifs is 1. The van der Waals surface area contributed by atoms with Crippen LogP contribution in [-0.2, 0) is 0 Å². The summed E-state index contributed by atoms with van der Waals surface area (Å²) in [5, 5.41) is 0. The van der Waals surface area contributed by atoms with Gasteiger partial charge in [0.15, 0.2) is 0 Å². The SMILES string of the molecule is O=c1[nH]c(-c2ccccc2)nc2c(Br)c(Br)sc12. The molecule has 0 saturated carbocycles. The summed E-state index contributed by atoms with van der Waals surface area (Å²) >= 11 is 8.22. The first-order chi connectivity index (χ1) is 8.66. The van der Waals surface area contributed by atoms with Crippen molar-refractivity contribution in [3.63, 3.8) is 0 Å². The number of nitrogens with zero attached hydrogens (tertiary/aromatic N) is 1. The van der Waals surface area contributed by atoms with Gasteiger partial charge in [-0.2, -0.15) is 0 Å². The summed E-state index contributed by atoms with van der Waals surface area (Å²) in [6.07, 6.45) is 0. The molecule has 0 amide bonds. The summed E-state index contributed by atoms with van der Waals surface area (Å²) in [5.74, 6) is 0.583. The summed E-state index contributed by atoms with van der Waals surface area (Å²) in [6, 6.07) is 9.59. The zero-order valence-corrected chi connectivity index (χ0v) is 12.9. The van der Waals surface area contributed by atoms with Crippen LogP contribution in [0, 0.1) is 0 Å². The molecule has 90 valence electrons. The van der Waals surface area contributed by atoms with Crippen molar-refractivity contribution in [1.29, 1.82) is 0 Å². The maximum absolute atomic E-state index is 12.0. The third-order valence-corrected chi connectivity index (χ3v) is 5.91. The molecule has 0 radical (unpaired) electrons. The predicted molar refractivity (Wildman–Crippen MR) is 81.1 cm³/mol. The fourth-order valence-electron chi connectivity index (χ4n) is 1.67. The van der Waals surface area contributed by atoms with Crippen LogP contribution in [0.2, 0.25) is 0 Å². The van der Waals surface area contributed by atoms with E-state index in [2.05, 4.69) is 41.8 Å². The van der Waals surface area contributed by atoms with Crippen molar-refractivity contribution in [2.45, 2.75) is 0 Å². The molecule has 2 aromatic heterocycles. The number of rotatable bonds is 1. The van der Waals surface area contributed by atoms with Crippen molar-refractivity contribution in [1.82, 2.24) is 9.97 Å². The highest BCUT2D eigenvalue weighted by Gasteiger charge is 2.14. The van der Waals surface area contributed by atoms with Crippen LogP contribution in [0.5, 0.6) is 0 Å². The summed E-state index contributed by atoms with van der Waals surface area (Å²) in [5.41, 5.74) is 1.47. The first-order valence-corrected chi connectivity index (χ1v) is 7.50. The molecule has 1 aromatic carbocycles. The summed E-state index contributed by atoms with van der Waals surface area (Å²) < 4.78 is 2.32. The maximum Gasteiger partial charge on any atom is 0.269 e. The fraction of sp³-hybridized carbons (Fsp3) is 0. The molecule has 0 spiro atoms. The van der Waals surface area contributed by atoms with E-state index in [1.807, 2.05) is 30.3 Å². The molecule has 3 nitrogen and oxygen atoms in total. The topological polar surface area (TPSA) is 45.8 Å². The minimum atomic E-state index is -0.116. The zero-order valence-electron chi connectivity index (χ0n) is 8.91. The lowest BCUT2D eigenvalue weighted by atomic mass is 10.2. The Hall–Kier alpha value is -0.980. The van der Waals surface area contributed by atoms with Crippen molar-refractivity contribution >= 4 is 53.4 Å². The first kappa shape index (κ1) is 12.1. The Morgan fingerprint density at radius 3 is 2.61 bits per heavy atom. The molecule has 0 fully saturated rings. The van der Waals surface area contributed by atoms with Crippen LogP contribution < -0.4 is 5.56 Å². The van der Waals surface area contributed by atoms with Gasteiger partial charge in [0.2, 0.25) is 0 Å². The van der Waals surface area contributed by atoms with E-state index in [0.29, 0.717) is 16.0 Å². The molecule has 6 heteroatoms. The summed E-state index contributed by atoms with van der Waals surface area (Å²) in [6.45, 7) is 0. The summed E-state index contributed by atoms with van der Waals surface area (Å²) in [4.78, 5) is 19.3. The lowest BCUT2D eigenvalue weighted by Gasteiger charge is -2.00. The van der Waals surface area contributed by atoms with Crippen LogP contribution in [0.4, 0.5) is 0 Å². The molecule has 18 heavy (non-hydrogen) atoms. The average Bonchev–Trinajstić information content (AvgIpc) is 2.68. The Morgan fingerprint density at radius 2 is 1.89 bits per heavy atom. The minimum Gasteiger partial charge on any atom is -0.305 e. The quantitative estimate of drug-likeness (QED) is 0.683. The van der Waals surface area contributed by atoms with E-state index >= 15 is 0 Å². The lowest BCUT2D eigenvalue weighted by Crippen LogP contribution is -2.07. The van der Waals surface area contributed by atoms with Gasteiger partial charge in [-0.3, -0.25) is 4.79 Å². The van der Waals surface area contributed by atoms with Crippen LogP contribution in [-0.4, -0.2) is 9.97 Å². The average molecular weight is 386 g/mol. The normalized spacial score (nSPS) is 11.0. The Labute approximate surface area is 123 Å². The van der Waals surface area contributed by atoms with E-state index in [1.54, 1.807) is 0 Å². The van der Waals surface area contributed by atoms with Crippen molar-refractivity contribution in [2.24, 2.45) is 0 Å².